The van der Waals surface area contributed by atoms with Gasteiger partial charge in [-0.2, -0.15) is 0 Å². The smallest absolute Gasteiger partial charge is 0.220 e. The van der Waals surface area contributed by atoms with Gasteiger partial charge in [-0.3, -0.25) is 4.79 Å². The summed E-state index contributed by atoms with van der Waals surface area (Å²) in [5, 5.41) is 2.85. The highest BCUT2D eigenvalue weighted by Gasteiger charge is 2.44. The van der Waals surface area contributed by atoms with Crippen LogP contribution in [0.3, 0.4) is 0 Å². The molecule has 1 heterocycles. The van der Waals surface area contributed by atoms with Gasteiger partial charge >= 0.3 is 0 Å². The van der Waals surface area contributed by atoms with E-state index in [0.717, 1.165) is 18.4 Å². The first-order valence-corrected chi connectivity index (χ1v) is 5.25. The van der Waals surface area contributed by atoms with Gasteiger partial charge in [-0.05, 0) is 36.1 Å². The standard InChI is InChI=1S/C12H12FNO/c13-9-2-1-8-3-4-12(10(8)5-9)6-11(15)14-7-12/h1-2,5H,3-4,6-7H2,(H,14,15). The number of carbonyl (C=O) groups excluding carboxylic acids is 1. The molecule has 1 aliphatic carbocycles. The molecule has 0 radical (unpaired) electrons. The van der Waals surface area contributed by atoms with Crippen molar-refractivity contribution in [2.24, 2.45) is 0 Å². The van der Waals surface area contributed by atoms with Crippen LogP contribution in [0, 0.1) is 5.82 Å². The Balaban J connectivity index is 2.10. The molecule has 1 atom stereocenters. The van der Waals surface area contributed by atoms with Crippen molar-refractivity contribution in [3.8, 4) is 0 Å². The van der Waals surface area contributed by atoms with Crippen molar-refractivity contribution in [1.29, 1.82) is 0 Å². The number of aryl methyl sites for hydroxylation is 1. The fourth-order valence-corrected chi connectivity index (χ4v) is 2.84. The molecule has 2 aliphatic rings. The number of nitrogens with one attached hydrogen (secondary N) is 1. The number of amides is 1. The molecule has 1 aromatic rings. The average Bonchev–Trinajstić information content (AvgIpc) is 2.74. The second kappa shape index (κ2) is 2.81. The fourth-order valence-electron chi connectivity index (χ4n) is 2.84. The van der Waals surface area contributed by atoms with Gasteiger partial charge in [-0.1, -0.05) is 6.07 Å². The lowest BCUT2D eigenvalue weighted by atomic mass is 9.81. The summed E-state index contributed by atoms with van der Waals surface area (Å²) in [5.41, 5.74) is 2.13. The lowest BCUT2D eigenvalue weighted by Gasteiger charge is -2.21. The first kappa shape index (κ1) is 8.89. The van der Waals surface area contributed by atoms with Crippen LogP contribution in [0.2, 0.25) is 0 Å². The predicted octanol–water partition coefficient (Wildman–Crippen LogP) is 1.53. The van der Waals surface area contributed by atoms with Crippen molar-refractivity contribution in [2.75, 3.05) is 6.54 Å². The van der Waals surface area contributed by atoms with Gasteiger partial charge in [-0.15, -0.1) is 0 Å². The zero-order valence-corrected chi connectivity index (χ0v) is 8.35. The molecule has 2 nitrogen and oxygen atoms in total. The molecule has 1 spiro atoms. The van der Waals surface area contributed by atoms with E-state index in [1.165, 1.54) is 11.6 Å². The van der Waals surface area contributed by atoms with Crippen LogP contribution in [0.25, 0.3) is 0 Å². The summed E-state index contributed by atoms with van der Waals surface area (Å²) in [5.74, 6) is -0.110. The summed E-state index contributed by atoms with van der Waals surface area (Å²) >= 11 is 0. The summed E-state index contributed by atoms with van der Waals surface area (Å²) in [6, 6.07) is 4.95. The van der Waals surface area contributed by atoms with Crippen LogP contribution in [0.1, 0.15) is 24.0 Å². The van der Waals surface area contributed by atoms with Crippen molar-refractivity contribution >= 4 is 5.91 Å². The Morgan fingerprint density at radius 1 is 1.40 bits per heavy atom. The molecule has 3 rings (SSSR count). The van der Waals surface area contributed by atoms with Gasteiger partial charge in [0, 0.05) is 18.4 Å². The molecule has 1 amide bonds. The predicted molar refractivity (Wildman–Crippen MR) is 54.0 cm³/mol. The summed E-state index contributed by atoms with van der Waals surface area (Å²) < 4.78 is 13.2. The minimum absolute atomic E-state index is 0.0899. The molecule has 1 aromatic carbocycles. The zero-order chi connectivity index (χ0) is 10.5. The van der Waals surface area contributed by atoms with Crippen LogP contribution in [0.4, 0.5) is 4.39 Å². The second-order valence-corrected chi connectivity index (χ2v) is 4.54. The molecule has 0 aromatic heterocycles. The van der Waals surface area contributed by atoms with Gasteiger partial charge < -0.3 is 5.32 Å². The number of hydrogen-bond acceptors (Lipinski definition) is 1. The molecule has 1 saturated heterocycles. The maximum Gasteiger partial charge on any atom is 0.220 e. The Bertz CT molecular complexity index is 443. The molecule has 15 heavy (non-hydrogen) atoms. The van der Waals surface area contributed by atoms with Crippen LogP contribution in [0.15, 0.2) is 18.2 Å². The SMILES string of the molecule is O=C1CC2(CCc3ccc(F)cc32)CN1. The molecule has 78 valence electrons. The maximum absolute atomic E-state index is 13.2. The highest BCUT2D eigenvalue weighted by atomic mass is 19.1. The largest absolute Gasteiger partial charge is 0.355 e. The van der Waals surface area contributed by atoms with Gasteiger partial charge in [0.15, 0.2) is 0 Å². The summed E-state index contributed by atoms with van der Waals surface area (Å²) in [4.78, 5) is 11.3. The van der Waals surface area contributed by atoms with Gasteiger partial charge in [0.1, 0.15) is 5.82 Å². The average molecular weight is 205 g/mol. The number of benzene rings is 1. The van der Waals surface area contributed by atoms with E-state index in [9.17, 15) is 9.18 Å². The second-order valence-electron chi connectivity index (χ2n) is 4.54. The lowest BCUT2D eigenvalue weighted by molar-refractivity contribution is -0.119. The topological polar surface area (TPSA) is 29.1 Å². The molecule has 3 heteroatoms. The summed E-state index contributed by atoms with van der Waals surface area (Å²) in [7, 11) is 0. The van der Waals surface area contributed by atoms with E-state index >= 15 is 0 Å². The minimum atomic E-state index is -0.200. The van der Waals surface area contributed by atoms with Crippen molar-refractivity contribution < 1.29 is 9.18 Å². The van der Waals surface area contributed by atoms with E-state index in [-0.39, 0.29) is 17.1 Å². The van der Waals surface area contributed by atoms with Crippen molar-refractivity contribution in [3.05, 3.63) is 35.1 Å². The van der Waals surface area contributed by atoms with Crippen LogP contribution in [0.5, 0.6) is 0 Å². The Hall–Kier alpha value is -1.38. The number of carbonyl (C=O) groups is 1. The van der Waals surface area contributed by atoms with Crippen molar-refractivity contribution in [2.45, 2.75) is 24.7 Å². The molecular weight excluding hydrogens is 193 g/mol. The Kier molecular flexibility index (Phi) is 1.67. The fraction of sp³-hybridized carbons (Fsp3) is 0.417. The third-order valence-corrected chi connectivity index (χ3v) is 3.64. The van der Waals surface area contributed by atoms with Crippen LogP contribution >= 0.6 is 0 Å². The van der Waals surface area contributed by atoms with Gasteiger partial charge in [0.25, 0.3) is 0 Å². The lowest BCUT2D eigenvalue weighted by Crippen LogP contribution is -2.25. The van der Waals surface area contributed by atoms with E-state index in [1.807, 2.05) is 6.07 Å². The molecule has 1 fully saturated rings. The number of halogens is 1. The monoisotopic (exact) mass is 205 g/mol. The minimum Gasteiger partial charge on any atom is -0.355 e. The Morgan fingerprint density at radius 2 is 2.27 bits per heavy atom. The van der Waals surface area contributed by atoms with Crippen LogP contribution in [-0.2, 0) is 16.6 Å². The van der Waals surface area contributed by atoms with Gasteiger partial charge in [0.2, 0.25) is 5.91 Å². The summed E-state index contributed by atoms with van der Waals surface area (Å²) in [6.07, 6.45) is 2.44. The number of rotatable bonds is 0. The van der Waals surface area contributed by atoms with E-state index < -0.39 is 0 Å². The normalized spacial score (nSPS) is 28.2. The maximum atomic E-state index is 13.2. The molecule has 1 aliphatic heterocycles. The van der Waals surface area contributed by atoms with E-state index in [1.54, 1.807) is 6.07 Å². The van der Waals surface area contributed by atoms with E-state index in [2.05, 4.69) is 5.32 Å². The molecule has 1 unspecified atom stereocenters. The molecule has 0 saturated carbocycles. The third-order valence-electron chi connectivity index (χ3n) is 3.64. The highest BCUT2D eigenvalue weighted by molar-refractivity contribution is 5.81. The third kappa shape index (κ3) is 1.19. The quantitative estimate of drug-likeness (QED) is 0.683. The van der Waals surface area contributed by atoms with Crippen LogP contribution < -0.4 is 5.32 Å². The number of hydrogen-bond donors (Lipinski definition) is 1. The van der Waals surface area contributed by atoms with Crippen LogP contribution in [-0.4, -0.2) is 12.5 Å². The van der Waals surface area contributed by atoms with Gasteiger partial charge in [0.05, 0.1) is 0 Å². The zero-order valence-electron chi connectivity index (χ0n) is 8.35. The van der Waals surface area contributed by atoms with Crippen molar-refractivity contribution in [3.63, 3.8) is 0 Å². The highest BCUT2D eigenvalue weighted by Crippen LogP contribution is 2.43. The molecular formula is C12H12FNO. The first-order valence-electron chi connectivity index (χ1n) is 5.25. The van der Waals surface area contributed by atoms with Crippen molar-refractivity contribution in [1.82, 2.24) is 5.32 Å². The molecule has 0 bridgehead atoms. The van der Waals surface area contributed by atoms with Gasteiger partial charge in [-0.25, -0.2) is 4.39 Å². The van der Waals surface area contributed by atoms with E-state index in [4.69, 9.17) is 0 Å². The number of fused-ring (bicyclic) bond motifs is 2. The molecule has 1 N–H and O–H groups in total. The Morgan fingerprint density at radius 3 is 3.00 bits per heavy atom. The first-order chi connectivity index (χ1) is 7.20. The Labute approximate surface area is 87.5 Å². The van der Waals surface area contributed by atoms with E-state index in [0.29, 0.717) is 13.0 Å². The summed E-state index contributed by atoms with van der Waals surface area (Å²) in [6.45, 7) is 0.669.